The van der Waals surface area contributed by atoms with Crippen LogP contribution in [0.5, 0.6) is 0 Å². The fourth-order valence-corrected chi connectivity index (χ4v) is 3.83. The molecule has 0 spiro atoms. The normalized spacial score (nSPS) is 12.8. The third kappa shape index (κ3) is 4.03. The number of hydrogen-bond donors (Lipinski definition) is 2. The highest BCUT2D eigenvalue weighted by Crippen LogP contribution is 2.32. The molecule has 0 saturated heterocycles. The monoisotopic (exact) mass is 434 g/mol. The smallest absolute Gasteiger partial charge is 0.227 e. The number of aliphatic hydroxyl groups excluding tert-OH is 1. The number of fused-ring (bicyclic) bond motifs is 1. The van der Waals surface area contributed by atoms with Gasteiger partial charge in [0.25, 0.3) is 0 Å². The molecule has 3 heterocycles. The average molecular weight is 435 g/mol. The lowest BCUT2D eigenvalue weighted by Crippen LogP contribution is -2.19. The molecule has 2 N–H and O–H groups in total. The van der Waals surface area contributed by atoms with Gasteiger partial charge < -0.3 is 15.3 Å². The predicted molar refractivity (Wildman–Crippen MR) is 126 cm³/mol. The minimum absolute atomic E-state index is 0.0348. The molecule has 0 radical (unpaired) electrons. The Bertz CT molecular complexity index is 1220. The SMILES string of the molecule is CN(c1cc(C(C)(C)C)n(C)n1)c1nc(NC(CO)c2ccccc2)nc2c1cnn2C. The lowest BCUT2D eigenvalue weighted by atomic mass is 9.92. The number of anilines is 3. The highest BCUT2D eigenvalue weighted by atomic mass is 16.3. The maximum Gasteiger partial charge on any atom is 0.227 e. The van der Waals surface area contributed by atoms with E-state index in [1.807, 2.05) is 61.1 Å². The van der Waals surface area contributed by atoms with Gasteiger partial charge in [0, 0.05) is 38.3 Å². The van der Waals surface area contributed by atoms with Crippen LogP contribution >= 0.6 is 0 Å². The molecule has 0 aliphatic rings. The molecule has 0 fully saturated rings. The quantitative estimate of drug-likeness (QED) is 0.480. The zero-order valence-corrected chi connectivity index (χ0v) is 19.4. The van der Waals surface area contributed by atoms with Crippen LogP contribution in [0.4, 0.5) is 17.6 Å². The third-order valence-electron chi connectivity index (χ3n) is 5.56. The maximum absolute atomic E-state index is 9.98. The minimum Gasteiger partial charge on any atom is -0.394 e. The van der Waals surface area contributed by atoms with Gasteiger partial charge in [-0.05, 0) is 5.56 Å². The van der Waals surface area contributed by atoms with Crippen molar-refractivity contribution in [3.05, 3.63) is 53.9 Å². The number of benzene rings is 1. The number of hydrogen-bond acceptors (Lipinski definition) is 7. The number of aromatic nitrogens is 6. The lowest BCUT2D eigenvalue weighted by molar-refractivity contribution is 0.276. The van der Waals surface area contributed by atoms with Crippen molar-refractivity contribution in [2.24, 2.45) is 14.1 Å². The molecule has 4 rings (SSSR count). The number of nitrogens with one attached hydrogen (secondary N) is 1. The molecule has 1 unspecified atom stereocenters. The van der Waals surface area contributed by atoms with E-state index < -0.39 is 0 Å². The first kappa shape index (κ1) is 21.8. The van der Waals surface area contributed by atoms with Gasteiger partial charge in [-0.3, -0.25) is 9.36 Å². The Labute approximate surface area is 187 Å². The molecule has 9 nitrogen and oxygen atoms in total. The van der Waals surface area contributed by atoms with Gasteiger partial charge in [-0.15, -0.1) is 0 Å². The van der Waals surface area contributed by atoms with E-state index in [0.717, 1.165) is 22.5 Å². The summed E-state index contributed by atoms with van der Waals surface area (Å²) >= 11 is 0. The van der Waals surface area contributed by atoms with E-state index in [4.69, 9.17) is 10.1 Å². The molecule has 0 amide bonds. The van der Waals surface area contributed by atoms with Crippen molar-refractivity contribution < 1.29 is 5.11 Å². The summed E-state index contributed by atoms with van der Waals surface area (Å²) in [5, 5.41) is 23.2. The number of aliphatic hydroxyl groups is 1. The third-order valence-corrected chi connectivity index (χ3v) is 5.56. The second kappa shape index (κ2) is 8.23. The Kier molecular flexibility index (Phi) is 5.60. The first-order valence-electron chi connectivity index (χ1n) is 10.6. The topological polar surface area (TPSA) is 96.9 Å². The number of nitrogens with zero attached hydrogens (tertiary/aromatic N) is 7. The van der Waals surface area contributed by atoms with E-state index in [1.54, 1.807) is 10.9 Å². The highest BCUT2D eigenvalue weighted by Gasteiger charge is 2.24. The number of aryl methyl sites for hydroxylation is 2. The molecule has 32 heavy (non-hydrogen) atoms. The lowest BCUT2D eigenvalue weighted by Gasteiger charge is -2.20. The van der Waals surface area contributed by atoms with Gasteiger partial charge in [0.15, 0.2) is 17.3 Å². The van der Waals surface area contributed by atoms with E-state index in [9.17, 15) is 5.11 Å². The van der Waals surface area contributed by atoms with Crippen LogP contribution in [0.15, 0.2) is 42.6 Å². The molecule has 0 aliphatic heterocycles. The Morgan fingerprint density at radius 2 is 1.81 bits per heavy atom. The second-order valence-corrected chi connectivity index (χ2v) is 8.99. The molecule has 0 aliphatic carbocycles. The summed E-state index contributed by atoms with van der Waals surface area (Å²) in [6, 6.07) is 11.5. The Hall–Kier alpha value is -3.46. The molecule has 168 valence electrons. The molecule has 1 atom stereocenters. The molecule has 0 saturated carbocycles. The maximum atomic E-state index is 9.98. The molecular weight excluding hydrogens is 404 g/mol. The van der Waals surface area contributed by atoms with E-state index in [0.29, 0.717) is 17.4 Å². The Morgan fingerprint density at radius 1 is 1.09 bits per heavy atom. The summed E-state index contributed by atoms with van der Waals surface area (Å²) in [5.41, 5.74) is 2.74. The van der Waals surface area contributed by atoms with Crippen LogP contribution in [0.1, 0.15) is 38.1 Å². The molecule has 4 aromatic rings. The highest BCUT2D eigenvalue weighted by molar-refractivity contribution is 5.89. The van der Waals surface area contributed by atoms with Gasteiger partial charge in [0.05, 0.1) is 24.2 Å². The summed E-state index contributed by atoms with van der Waals surface area (Å²) < 4.78 is 3.62. The van der Waals surface area contributed by atoms with E-state index in [1.165, 1.54) is 0 Å². The van der Waals surface area contributed by atoms with E-state index >= 15 is 0 Å². The Morgan fingerprint density at radius 3 is 2.44 bits per heavy atom. The van der Waals surface area contributed by atoms with Crippen molar-refractivity contribution in [3.8, 4) is 0 Å². The van der Waals surface area contributed by atoms with E-state index in [-0.39, 0.29) is 18.1 Å². The van der Waals surface area contributed by atoms with E-state index in [2.05, 4.69) is 42.2 Å². The minimum atomic E-state index is -0.331. The Balaban J connectivity index is 1.76. The first-order chi connectivity index (χ1) is 15.2. The van der Waals surface area contributed by atoms with Crippen molar-refractivity contribution >= 4 is 28.6 Å². The van der Waals surface area contributed by atoms with Crippen LogP contribution in [0.2, 0.25) is 0 Å². The molecule has 1 aromatic carbocycles. The zero-order valence-electron chi connectivity index (χ0n) is 19.4. The number of rotatable bonds is 6. The summed E-state index contributed by atoms with van der Waals surface area (Å²) in [7, 11) is 5.74. The van der Waals surface area contributed by atoms with Gasteiger partial charge >= 0.3 is 0 Å². The van der Waals surface area contributed by atoms with Crippen molar-refractivity contribution in [2.45, 2.75) is 32.2 Å². The van der Waals surface area contributed by atoms with Gasteiger partial charge in [-0.25, -0.2) is 0 Å². The van der Waals surface area contributed by atoms with Crippen molar-refractivity contribution in [2.75, 3.05) is 23.9 Å². The molecule has 0 bridgehead atoms. The average Bonchev–Trinajstić information content (AvgIpc) is 3.34. The summed E-state index contributed by atoms with van der Waals surface area (Å²) in [6.45, 7) is 6.41. The predicted octanol–water partition coefficient (Wildman–Crippen LogP) is 3.31. The van der Waals surface area contributed by atoms with Crippen LogP contribution in [-0.4, -0.2) is 48.3 Å². The second-order valence-electron chi connectivity index (χ2n) is 8.99. The van der Waals surface area contributed by atoms with Gasteiger partial charge in [0.2, 0.25) is 5.95 Å². The summed E-state index contributed by atoms with van der Waals surface area (Å²) in [4.78, 5) is 11.4. The van der Waals surface area contributed by atoms with Crippen LogP contribution < -0.4 is 10.2 Å². The van der Waals surface area contributed by atoms with Gasteiger partial charge in [-0.1, -0.05) is 51.1 Å². The first-order valence-corrected chi connectivity index (χ1v) is 10.6. The van der Waals surface area contributed by atoms with Gasteiger partial charge in [-0.2, -0.15) is 20.2 Å². The van der Waals surface area contributed by atoms with Crippen LogP contribution in [0.3, 0.4) is 0 Å². The summed E-state index contributed by atoms with van der Waals surface area (Å²) in [6.07, 6.45) is 1.76. The molecular formula is C23H30N8O. The van der Waals surface area contributed by atoms with Crippen molar-refractivity contribution in [3.63, 3.8) is 0 Å². The zero-order chi connectivity index (χ0) is 23.0. The van der Waals surface area contributed by atoms with Crippen molar-refractivity contribution in [1.82, 2.24) is 29.5 Å². The standard InChI is InChI=1S/C23H30N8O/c1-23(2,3)18-12-19(28-30(18)5)29(4)20-16-13-24-31(6)21(16)27-22(26-20)25-17(14-32)15-10-8-7-9-11-15/h7-13,17,32H,14H2,1-6H3,(H,25,26,27). The fourth-order valence-electron chi connectivity index (χ4n) is 3.83. The molecule has 9 heteroatoms. The van der Waals surface area contributed by atoms with Crippen LogP contribution in [0, 0.1) is 0 Å². The van der Waals surface area contributed by atoms with Crippen LogP contribution in [-0.2, 0) is 19.5 Å². The van der Waals surface area contributed by atoms with Crippen molar-refractivity contribution in [1.29, 1.82) is 0 Å². The largest absolute Gasteiger partial charge is 0.394 e. The summed E-state index contributed by atoms with van der Waals surface area (Å²) in [5.74, 6) is 1.89. The fraction of sp³-hybridized carbons (Fsp3) is 0.391. The molecule has 3 aromatic heterocycles. The van der Waals surface area contributed by atoms with Crippen LogP contribution in [0.25, 0.3) is 11.0 Å². The van der Waals surface area contributed by atoms with Gasteiger partial charge in [0.1, 0.15) is 0 Å².